The highest BCUT2D eigenvalue weighted by atomic mass is 79.9. The molecular weight excluding hydrogens is 459 g/mol. The number of aliphatic hydroxyl groups excluding tert-OH is 1. The molecule has 6 N–H and O–H groups in total. The number of aromatic nitrogens is 2. The molecule has 0 radical (unpaired) electrons. The van der Waals surface area contributed by atoms with Gasteiger partial charge in [0.05, 0.1) is 16.7 Å². The van der Waals surface area contributed by atoms with Crippen LogP contribution in [-0.2, 0) is 11.0 Å². The summed E-state index contributed by atoms with van der Waals surface area (Å²) in [6.07, 6.45) is 2.58. The van der Waals surface area contributed by atoms with Crippen molar-refractivity contribution in [3.63, 3.8) is 0 Å². The minimum atomic E-state index is -1.77. The second-order valence-corrected chi connectivity index (χ2v) is 8.42. The zero-order valence-electron chi connectivity index (χ0n) is 14.5. The van der Waals surface area contributed by atoms with Crippen LogP contribution in [0.25, 0.3) is 0 Å². The Kier molecular flexibility index (Phi) is 9.51. The van der Waals surface area contributed by atoms with E-state index in [1.54, 1.807) is 0 Å². The number of rotatable bonds is 12. The quantitative estimate of drug-likeness (QED) is 0.292. The minimum absolute atomic E-state index is 0.0327. The van der Waals surface area contributed by atoms with Gasteiger partial charge in [0.2, 0.25) is 5.13 Å². The van der Waals surface area contributed by atoms with Crippen molar-refractivity contribution in [2.75, 3.05) is 36.2 Å². The Balaban J connectivity index is 1.79. The van der Waals surface area contributed by atoms with Gasteiger partial charge in [0.1, 0.15) is 12.1 Å². The monoisotopic (exact) mass is 480 g/mol. The minimum Gasteiger partial charge on any atom is -0.390 e. The summed E-state index contributed by atoms with van der Waals surface area (Å²) >= 11 is 4.42. The number of aliphatic hydroxyl groups is 1. The Labute approximate surface area is 172 Å². The number of nitrogens with two attached hydrogens (primary N) is 1. The number of halogens is 2. The summed E-state index contributed by atoms with van der Waals surface area (Å²) in [6, 6.07) is 2.80. The average molecular weight is 481 g/mol. The molecule has 150 valence electrons. The molecule has 2 rings (SSSR count). The van der Waals surface area contributed by atoms with Crippen LogP contribution in [0.5, 0.6) is 0 Å². The molecule has 27 heavy (non-hydrogen) atoms. The molecule has 2 aromatic rings. The first-order valence-corrected chi connectivity index (χ1v) is 11.0. The van der Waals surface area contributed by atoms with Gasteiger partial charge in [-0.1, -0.05) is 0 Å². The molecule has 0 spiro atoms. The fourth-order valence-corrected chi connectivity index (χ4v) is 4.19. The number of benzene rings is 1. The molecule has 0 aliphatic rings. The smallest absolute Gasteiger partial charge is 0.214 e. The number of nitrogens with zero attached hydrogens (tertiary/aromatic N) is 2. The average Bonchev–Trinajstić information content (AvgIpc) is 3.15. The number of anilines is 2. The normalized spacial score (nSPS) is 13.3. The van der Waals surface area contributed by atoms with E-state index in [-0.39, 0.29) is 11.4 Å². The lowest BCUT2D eigenvalue weighted by molar-refractivity contribution is 0.179. The van der Waals surface area contributed by atoms with Crippen LogP contribution in [0.4, 0.5) is 15.2 Å². The maximum Gasteiger partial charge on any atom is 0.214 e. The molecule has 2 atom stereocenters. The zero-order valence-corrected chi connectivity index (χ0v) is 17.7. The molecule has 8 nitrogen and oxygen atoms in total. The Morgan fingerprint density at radius 1 is 1.37 bits per heavy atom. The van der Waals surface area contributed by atoms with Gasteiger partial charge >= 0.3 is 0 Å². The summed E-state index contributed by atoms with van der Waals surface area (Å²) in [5.41, 5.74) is 5.92. The summed E-state index contributed by atoms with van der Waals surface area (Å²) in [5.74, 6) is -0.575. The van der Waals surface area contributed by atoms with Gasteiger partial charge in [-0.15, -0.1) is 0 Å². The van der Waals surface area contributed by atoms with E-state index in [4.69, 9.17) is 5.73 Å². The van der Waals surface area contributed by atoms with Crippen molar-refractivity contribution < 1.29 is 13.7 Å². The summed E-state index contributed by atoms with van der Waals surface area (Å²) in [5, 5.41) is 16.0. The van der Waals surface area contributed by atoms with Gasteiger partial charge in [-0.2, -0.15) is 4.37 Å². The molecule has 0 saturated carbocycles. The first-order chi connectivity index (χ1) is 13.0. The molecule has 0 bridgehead atoms. The van der Waals surface area contributed by atoms with Crippen molar-refractivity contribution in [2.45, 2.75) is 23.8 Å². The van der Waals surface area contributed by atoms with E-state index in [0.29, 0.717) is 28.4 Å². The summed E-state index contributed by atoms with van der Waals surface area (Å²) in [6.45, 7) is 2.14. The van der Waals surface area contributed by atoms with Gasteiger partial charge < -0.3 is 21.5 Å². The Morgan fingerprint density at radius 3 is 2.85 bits per heavy atom. The highest BCUT2D eigenvalue weighted by molar-refractivity contribution is 9.10. The highest BCUT2D eigenvalue weighted by Gasteiger charge is 2.15. The van der Waals surface area contributed by atoms with E-state index in [2.05, 4.69) is 40.6 Å². The van der Waals surface area contributed by atoms with Crippen LogP contribution in [0.2, 0.25) is 0 Å². The molecule has 0 aliphatic carbocycles. The van der Waals surface area contributed by atoms with Gasteiger partial charge in [0.15, 0.2) is 11.0 Å². The number of nitrogens with one attached hydrogen (secondary N) is 3. The first kappa shape index (κ1) is 22.1. The van der Waals surface area contributed by atoms with Gasteiger partial charge in [0.25, 0.3) is 0 Å². The van der Waals surface area contributed by atoms with Crippen LogP contribution < -0.4 is 21.1 Å². The third-order valence-electron chi connectivity index (χ3n) is 3.51. The maximum absolute atomic E-state index is 14.3. The Morgan fingerprint density at radius 2 is 2.15 bits per heavy atom. The summed E-state index contributed by atoms with van der Waals surface area (Å²) in [7, 11) is -1.77. The standard InChI is InChI=1S/C15H22BrFN6O2S2/c16-11-5-14(27(25)23-15-21-9-22-26-15)12(17)6-13(11)20-4-2-1-3-19-8-10(24)7-18/h5-6,9-10,19-20,24H,1-4,7-8,18H2,(H,21,22,23)/t10-,27?/m1/s1. The van der Waals surface area contributed by atoms with Crippen LogP contribution in [0.15, 0.2) is 27.8 Å². The van der Waals surface area contributed by atoms with Gasteiger partial charge in [-0.05, 0) is 47.4 Å². The van der Waals surface area contributed by atoms with Crippen LogP contribution in [-0.4, -0.2) is 51.0 Å². The van der Waals surface area contributed by atoms with Gasteiger partial charge in [-0.3, -0.25) is 4.72 Å². The predicted octanol–water partition coefficient (Wildman–Crippen LogP) is 1.68. The number of hydrogen-bond donors (Lipinski definition) is 5. The van der Waals surface area contributed by atoms with Crippen molar-refractivity contribution in [3.8, 4) is 0 Å². The lowest BCUT2D eigenvalue weighted by Crippen LogP contribution is -2.33. The fourth-order valence-electron chi connectivity index (χ4n) is 2.11. The summed E-state index contributed by atoms with van der Waals surface area (Å²) < 4.78 is 33.6. The molecule has 1 aromatic heterocycles. The second-order valence-electron chi connectivity index (χ2n) is 5.61. The van der Waals surface area contributed by atoms with Crippen molar-refractivity contribution in [1.29, 1.82) is 0 Å². The molecule has 1 aromatic carbocycles. The van der Waals surface area contributed by atoms with Gasteiger partial charge in [-0.25, -0.2) is 13.6 Å². The van der Waals surface area contributed by atoms with E-state index in [9.17, 15) is 13.7 Å². The van der Waals surface area contributed by atoms with Crippen molar-refractivity contribution in [1.82, 2.24) is 14.7 Å². The van der Waals surface area contributed by atoms with E-state index < -0.39 is 22.9 Å². The topological polar surface area (TPSA) is 125 Å². The van der Waals surface area contributed by atoms with Crippen molar-refractivity contribution in [2.24, 2.45) is 5.73 Å². The molecule has 12 heteroatoms. The molecule has 1 unspecified atom stereocenters. The molecule has 0 saturated heterocycles. The van der Waals surface area contributed by atoms with E-state index >= 15 is 0 Å². The lowest BCUT2D eigenvalue weighted by Gasteiger charge is -2.12. The van der Waals surface area contributed by atoms with Crippen LogP contribution in [0.3, 0.4) is 0 Å². The van der Waals surface area contributed by atoms with E-state index in [1.165, 1.54) is 18.5 Å². The van der Waals surface area contributed by atoms with E-state index in [1.807, 2.05) is 0 Å². The summed E-state index contributed by atoms with van der Waals surface area (Å²) in [4.78, 5) is 3.90. The molecular formula is C15H22BrFN6O2S2. The number of unbranched alkanes of at least 4 members (excludes halogenated alkanes) is 1. The van der Waals surface area contributed by atoms with E-state index in [0.717, 1.165) is 30.9 Å². The van der Waals surface area contributed by atoms with Gasteiger partial charge in [0, 0.05) is 35.6 Å². The molecule has 0 fully saturated rings. The molecule has 1 heterocycles. The maximum atomic E-state index is 14.3. The Bertz CT molecular complexity index is 737. The van der Waals surface area contributed by atoms with Crippen LogP contribution in [0, 0.1) is 5.82 Å². The second kappa shape index (κ2) is 11.6. The molecule has 0 amide bonds. The van der Waals surface area contributed by atoms with Crippen LogP contribution >= 0.6 is 27.5 Å². The first-order valence-electron chi connectivity index (χ1n) is 8.28. The third kappa shape index (κ3) is 7.39. The zero-order chi connectivity index (χ0) is 19.6. The van der Waals surface area contributed by atoms with Crippen molar-refractivity contribution in [3.05, 3.63) is 28.7 Å². The fraction of sp³-hybridized carbons (Fsp3) is 0.467. The highest BCUT2D eigenvalue weighted by Crippen LogP contribution is 2.28. The number of hydrogen-bond acceptors (Lipinski definition) is 8. The Hall–Kier alpha value is -1.18. The SMILES string of the molecule is NC[C@@H](O)CNCCCCNc1cc(F)c(S(=O)Nc2ncns2)cc1Br. The third-order valence-corrected chi connectivity index (χ3v) is 5.97. The van der Waals surface area contributed by atoms with Crippen molar-refractivity contribution >= 4 is 49.3 Å². The predicted molar refractivity (Wildman–Crippen MR) is 110 cm³/mol. The molecule has 0 aliphatic heterocycles. The van der Waals surface area contributed by atoms with Crippen LogP contribution in [0.1, 0.15) is 12.8 Å². The lowest BCUT2D eigenvalue weighted by atomic mass is 10.2. The largest absolute Gasteiger partial charge is 0.390 e.